The largest absolute Gasteiger partial charge is 3.00 e. The van der Waals surface area contributed by atoms with Crippen molar-refractivity contribution in [3.8, 4) is 0 Å². The third kappa shape index (κ3) is 7.14. The zero-order valence-electron chi connectivity index (χ0n) is 4.91. The van der Waals surface area contributed by atoms with Gasteiger partial charge in [0.2, 0.25) is 0 Å². The van der Waals surface area contributed by atoms with Crippen LogP contribution in [0.25, 0.3) is 0 Å². The molecule has 0 saturated heterocycles. The molecule has 0 saturated carbocycles. The summed E-state index contributed by atoms with van der Waals surface area (Å²) in [4.78, 5) is 0. The van der Waals surface area contributed by atoms with Gasteiger partial charge >= 0.3 is 26.2 Å². The predicted octanol–water partition coefficient (Wildman–Crippen LogP) is -4.17. The van der Waals surface area contributed by atoms with Crippen molar-refractivity contribution in [1.29, 1.82) is 0 Å². The van der Waals surface area contributed by atoms with Crippen LogP contribution in [0.2, 0.25) is 0 Å². The molecule has 0 bridgehead atoms. The molecule has 0 aliphatic carbocycles. The molecule has 1 aromatic rings. The first-order valence-electron chi connectivity index (χ1n) is 1.91. The van der Waals surface area contributed by atoms with Gasteiger partial charge in [0.25, 0.3) is 0 Å². The van der Waals surface area contributed by atoms with Gasteiger partial charge in [0.05, 0.1) is 0 Å². The Morgan fingerprint density at radius 1 is 1.44 bits per heavy atom. The van der Waals surface area contributed by atoms with E-state index in [2.05, 4.69) is 24.6 Å². The van der Waals surface area contributed by atoms with Crippen LogP contribution in [0.15, 0.2) is 11.9 Å². The Morgan fingerprint density at radius 3 is 2.11 bits per heavy atom. The summed E-state index contributed by atoms with van der Waals surface area (Å²) >= 11 is 0. The first-order chi connectivity index (χ1) is 2.89. The summed E-state index contributed by atoms with van der Waals surface area (Å²) in [5.41, 5.74) is 1.29. The van der Waals surface area contributed by atoms with Crippen LogP contribution in [0, 0.1) is 12.7 Å². The molecule has 9 heavy (non-hydrogen) atoms. The van der Waals surface area contributed by atoms with Gasteiger partial charge in [-0.3, -0.25) is 8.19 Å². The van der Waals surface area contributed by atoms with Crippen LogP contribution in [0.5, 0.6) is 0 Å². The van der Waals surface area contributed by atoms with E-state index in [1.165, 1.54) is 5.56 Å². The Hall–Kier alpha value is 1.24. The molecule has 0 amide bonds. The summed E-state index contributed by atoms with van der Waals surface area (Å²) < 4.78 is 0. The average molecular weight is 259 g/mol. The predicted molar refractivity (Wildman–Crippen MR) is 29.5 cm³/mol. The molecule has 1 aromatic heterocycles. The third-order valence-electron chi connectivity index (χ3n) is 0.686. The number of aryl methyl sites for hydroxylation is 1. The normalized spacial score (nSPS) is 6.78. The molecular formula is C5H6Cl2PZr. The minimum atomic E-state index is 0. The van der Waals surface area contributed by atoms with Crippen molar-refractivity contribution < 1.29 is 51.0 Å². The molecule has 0 N–H and O–H groups in total. The van der Waals surface area contributed by atoms with Crippen LogP contribution >= 0.6 is 8.19 Å². The maximum Gasteiger partial charge on any atom is 3.00 e. The molecule has 49 valence electrons. The van der Waals surface area contributed by atoms with E-state index in [9.17, 15) is 0 Å². The summed E-state index contributed by atoms with van der Waals surface area (Å²) in [6, 6.07) is 2.10. The summed E-state index contributed by atoms with van der Waals surface area (Å²) in [6.45, 7) is 2.07. The molecule has 0 aliphatic rings. The van der Waals surface area contributed by atoms with Crippen molar-refractivity contribution in [2.45, 2.75) is 6.92 Å². The van der Waals surface area contributed by atoms with Crippen molar-refractivity contribution in [2.24, 2.45) is 0 Å². The van der Waals surface area contributed by atoms with Crippen molar-refractivity contribution in [3.05, 3.63) is 23.2 Å². The fraction of sp³-hybridized carbons (Fsp3) is 0.200. The molecule has 0 nitrogen and oxygen atoms in total. The maximum atomic E-state index is 3.15. The summed E-state index contributed by atoms with van der Waals surface area (Å²) in [5.74, 6) is 5.29. The van der Waals surface area contributed by atoms with Crippen LogP contribution in [0.3, 0.4) is 0 Å². The third-order valence-corrected chi connectivity index (χ3v) is 1.56. The fourth-order valence-electron chi connectivity index (χ4n) is 0.364. The van der Waals surface area contributed by atoms with Crippen molar-refractivity contribution in [1.82, 2.24) is 0 Å². The summed E-state index contributed by atoms with van der Waals surface area (Å²) in [5, 5.41) is 0. The zero-order valence-corrected chi connectivity index (χ0v) is 9.88. The Kier molecular flexibility index (Phi) is 17.1. The van der Waals surface area contributed by atoms with E-state index in [1.807, 2.05) is 0 Å². The molecule has 0 fully saturated rings. The van der Waals surface area contributed by atoms with Crippen LogP contribution in [-0.4, -0.2) is 0 Å². The minimum Gasteiger partial charge on any atom is -1.00 e. The quantitative estimate of drug-likeness (QED) is 0.415. The summed E-state index contributed by atoms with van der Waals surface area (Å²) in [7, 11) is 0.821. The molecule has 0 aliphatic heterocycles. The molecule has 1 radical (unpaired) electrons. The minimum absolute atomic E-state index is 0. The number of rotatable bonds is 0. The van der Waals surface area contributed by atoms with E-state index >= 15 is 0 Å². The Balaban J connectivity index is -0.000000120. The van der Waals surface area contributed by atoms with Gasteiger partial charge in [-0.15, -0.1) is 0 Å². The van der Waals surface area contributed by atoms with Crippen LogP contribution in [0.1, 0.15) is 5.56 Å². The van der Waals surface area contributed by atoms with Crippen molar-refractivity contribution in [3.63, 3.8) is 0 Å². The molecule has 1 heterocycles. The second kappa shape index (κ2) is 9.24. The number of halogens is 2. The number of hydrogen-bond donors (Lipinski definition) is 0. The van der Waals surface area contributed by atoms with E-state index in [-0.39, 0.29) is 51.0 Å². The smallest absolute Gasteiger partial charge is 1.00 e. The van der Waals surface area contributed by atoms with Crippen molar-refractivity contribution in [2.75, 3.05) is 0 Å². The average Bonchev–Trinajstić information content (AvgIpc) is 1.86. The van der Waals surface area contributed by atoms with Crippen LogP contribution < -0.4 is 24.8 Å². The Bertz CT molecular complexity index is 119. The SMILES string of the molecule is Cc1[c-][pH]cc1.[Cl-].[Cl-].[Zr+3]. The molecule has 0 spiro atoms. The van der Waals surface area contributed by atoms with Gasteiger partial charge in [0.15, 0.2) is 0 Å². The van der Waals surface area contributed by atoms with Gasteiger partial charge in [-0.1, -0.05) is 6.92 Å². The van der Waals surface area contributed by atoms with Gasteiger partial charge in [0, 0.05) is 0 Å². The van der Waals surface area contributed by atoms with Gasteiger partial charge in [-0.25, -0.2) is 6.07 Å². The molecule has 4 heteroatoms. The zero-order chi connectivity index (χ0) is 4.41. The second-order valence-electron chi connectivity index (χ2n) is 1.29. The Labute approximate surface area is 88.8 Å². The van der Waals surface area contributed by atoms with E-state index in [1.54, 1.807) is 0 Å². The van der Waals surface area contributed by atoms with Gasteiger partial charge in [0.1, 0.15) is 0 Å². The molecule has 1 unspecified atom stereocenters. The first-order valence-corrected chi connectivity index (χ1v) is 2.99. The van der Waals surface area contributed by atoms with Crippen LogP contribution in [0.4, 0.5) is 0 Å². The fourth-order valence-corrected chi connectivity index (χ4v) is 1.09. The van der Waals surface area contributed by atoms with E-state index in [0.717, 1.165) is 8.19 Å². The van der Waals surface area contributed by atoms with Gasteiger partial charge < -0.3 is 24.8 Å². The summed E-state index contributed by atoms with van der Waals surface area (Å²) in [6.07, 6.45) is 0. The topological polar surface area (TPSA) is 0 Å². The first kappa shape index (κ1) is 16.7. The van der Waals surface area contributed by atoms with E-state index in [0.29, 0.717) is 0 Å². The van der Waals surface area contributed by atoms with Gasteiger partial charge in [-0.05, 0) is 0 Å². The van der Waals surface area contributed by atoms with Crippen molar-refractivity contribution >= 4 is 8.19 Å². The monoisotopic (exact) mass is 257 g/mol. The molecule has 0 aromatic carbocycles. The van der Waals surface area contributed by atoms with E-state index < -0.39 is 0 Å². The Morgan fingerprint density at radius 2 is 2.00 bits per heavy atom. The molecule has 1 atom stereocenters. The number of hydrogen-bond acceptors (Lipinski definition) is 0. The van der Waals surface area contributed by atoms with Crippen LogP contribution in [-0.2, 0) is 26.2 Å². The standard InChI is InChI=1S/C5H6P.2ClH.Zr/c1-5-2-3-6-4-5;;;/h2-3,6H,1H3;2*1H;/q-1;;;+3/p-2. The van der Waals surface area contributed by atoms with Gasteiger partial charge in [-0.2, -0.15) is 17.2 Å². The second-order valence-corrected chi connectivity index (χ2v) is 2.16. The maximum absolute atomic E-state index is 3.15. The van der Waals surface area contributed by atoms with E-state index in [4.69, 9.17) is 0 Å². The molecule has 1 rings (SSSR count). The molecular weight excluding hydrogens is 253 g/mol.